The highest BCUT2D eigenvalue weighted by Gasteiger charge is 2.37. The highest BCUT2D eigenvalue weighted by atomic mass is 16.5. The van der Waals surface area contributed by atoms with Crippen molar-refractivity contribution in [2.75, 3.05) is 37.6 Å². The van der Waals surface area contributed by atoms with Crippen LogP contribution in [-0.2, 0) is 20.7 Å². The SMILES string of the molecule is CCC(c1cccc(N2CCN(C(C)=O)CC2)c1)N1CC(Cc2ccccc2)OC1C=O. The molecule has 0 bridgehead atoms. The third kappa shape index (κ3) is 5.03. The van der Waals surface area contributed by atoms with Gasteiger partial charge in [-0.05, 0) is 36.1 Å². The second-order valence-corrected chi connectivity index (χ2v) is 8.68. The molecule has 2 aromatic rings. The van der Waals surface area contributed by atoms with E-state index in [4.69, 9.17) is 4.74 Å². The summed E-state index contributed by atoms with van der Waals surface area (Å²) < 4.78 is 6.12. The van der Waals surface area contributed by atoms with Gasteiger partial charge in [-0.1, -0.05) is 49.4 Å². The van der Waals surface area contributed by atoms with Gasteiger partial charge in [-0.3, -0.25) is 14.5 Å². The van der Waals surface area contributed by atoms with E-state index in [0.29, 0.717) is 0 Å². The Morgan fingerprint density at radius 1 is 1.09 bits per heavy atom. The van der Waals surface area contributed by atoms with Gasteiger partial charge in [0, 0.05) is 51.4 Å². The van der Waals surface area contributed by atoms with Gasteiger partial charge < -0.3 is 14.5 Å². The monoisotopic (exact) mass is 435 g/mol. The fraction of sp³-hybridized carbons (Fsp3) is 0.462. The van der Waals surface area contributed by atoms with Crippen LogP contribution in [0, 0.1) is 0 Å². The molecule has 0 spiro atoms. The van der Waals surface area contributed by atoms with Gasteiger partial charge in [-0.2, -0.15) is 0 Å². The number of rotatable bonds is 7. The molecule has 2 saturated heterocycles. The molecule has 3 atom stereocenters. The number of ether oxygens (including phenoxy) is 1. The lowest BCUT2D eigenvalue weighted by Crippen LogP contribution is -2.48. The van der Waals surface area contributed by atoms with Crippen LogP contribution in [0.4, 0.5) is 5.69 Å². The lowest BCUT2D eigenvalue weighted by Gasteiger charge is -2.36. The number of amides is 1. The summed E-state index contributed by atoms with van der Waals surface area (Å²) in [5.74, 6) is 0.142. The molecule has 3 unspecified atom stereocenters. The third-order valence-corrected chi connectivity index (χ3v) is 6.63. The van der Waals surface area contributed by atoms with E-state index >= 15 is 0 Å². The van der Waals surface area contributed by atoms with Crippen LogP contribution >= 0.6 is 0 Å². The van der Waals surface area contributed by atoms with Gasteiger partial charge in [0.1, 0.15) is 0 Å². The van der Waals surface area contributed by atoms with Crippen LogP contribution in [0.3, 0.4) is 0 Å². The van der Waals surface area contributed by atoms with E-state index in [-0.39, 0.29) is 18.1 Å². The molecule has 1 amide bonds. The molecule has 6 nitrogen and oxygen atoms in total. The highest BCUT2D eigenvalue weighted by molar-refractivity contribution is 5.73. The first-order chi connectivity index (χ1) is 15.6. The summed E-state index contributed by atoms with van der Waals surface area (Å²) in [5, 5.41) is 0. The molecule has 2 aliphatic heterocycles. The predicted molar refractivity (Wildman–Crippen MR) is 126 cm³/mol. The van der Waals surface area contributed by atoms with Crippen LogP contribution in [-0.4, -0.2) is 67.0 Å². The zero-order valence-electron chi connectivity index (χ0n) is 19.0. The lowest BCUT2D eigenvalue weighted by atomic mass is 10.0. The molecular formula is C26H33N3O3. The molecule has 32 heavy (non-hydrogen) atoms. The number of hydrogen-bond acceptors (Lipinski definition) is 5. The second kappa shape index (κ2) is 10.3. The maximum Gasteiger partial charge on any atom is 0.219 e. The normalized spacial score (nSPS) is 22.7. The van der Waals surface area contributed by atoms with Crippen LogP contribution in [0.5, 0.6) is 0 Å². The van der Waals surface area contributed by atoms with Gasteiger partial charge in [0.25, 0.3) is 0 Å². The van der Waals surface area contributed by atoms with E-state index in [9.17, 15) is 9.59 Å². The number of nitrogens with zero attached hydrogens (tertiary/aromatic N) is 3. The Labute approximate surface area is 190 Å². The maximum atomic E-state index is 11.9. The molecule has 170 valence electrons. The van der Waals surface area contributed by atoms with Crippen molar-refractivity contribution in [2.45, 2.75) is 45.1 Å². The number of hydrogen-bond donors (Lipinski definition) is 0. The van der Waals surface area contributed by atoms with Crippen LogP contribution < -0.4 is 4.90 Å². The van der Waals surface area contributed by atoms with Crippen molar-refractivity contribution < 1.29 is 14.3 Å². The first-order valence-electron chi connectivity index (χ1n) is 11.6. The molecule has 6 heteroatoms. The molecule has 2 aromatic carbocycles. The van der Waals surface area contributed by atoms with Crippen molar-refractivity contribution in [1.82, 2.24) is 9.80 Å². The second-order valence-electron chi connectivity index (χ2n) is 8.68. The maximum absolute atomic E-state index is 11.9. The Morgan fingerprint density at radius 3 is 2.50 bits per heavy atom. The molecule has 2 aliphatic rings. The lowest BCUT2D eigenvalue weighted by molar-refractivity contribution is -0.129. The van der Waals surface area contributed by atoms with E-state index in [1.165, 1.54) is 16.8 Å². The number of carbonyl (C=O) groups excluding carboxylic acids is 2. The molecule has 0 N–H and O–H groups in total. The number of benzene rings is 2. The van der Waals surface area contributed by atoms with Gasteiger partial charge in [-0.15, -0.1) is 0 Å². The molecule has 2 fully saturated rings. The van der Waals surface area contributed by atoms with E-state index in [1.54, 1.807) is 6.92 Å². The summed E-state index contributed by atoms with van der Waals surface area (Å²) >= 11 is 0. The van der Waals surface area contributed by atoms with Crippen molar-refractivity contribution in [3.63, 3.8) is 0 Å². The zero-order chi connectivity index (χ0) is 22.5. The molecule has 2 heterocycles. The number of piperazine rings is 1. The van der Waals surface area contributed by atoms with E-state index < -0.39 is 6.23 Å². The summed E-state index contributed by atoms with van der Waals surface area (Å²) in [6.45, 7) is 7.71. The molecule has 0 radical (unpaired) electrons. The number of anilines is 1. The van der Waals surface area contributed by atoms with Gasteiger partial charge in [0.05, 0.1) is 6.10 Å². The first kappa shape index (κ1) is 22.5. The van der Waals surface area contributed by atoms with Crippen molar-refractivity contribution in [3.8, 4) is 0 Å². The van der Waals surface area contributed by atoms with Crippen LogP contribution in [0.15, 0.2) is 54.6 Å². The average molecular weight is 436 g/mol. The first-order valence-corrected chi connectivity index (χ1v) is 11.6. The summed E-state index contributed by atoms with van der Waals surface area (Å²) in [6.07, 6.45) is 2.12. The van der Waals surface area contributed by atoms with Crippen molar-refractivity contribution in [3.05, 3.63) is 65.7 Å². The number of carbonyl (C=O) groups is 2. The van der Waals surface area contributed by atoms with Crippen LogP contribution in [0.25, 0.3) is 0 Å². The number of aldehydes is 1. The summed E-state index contributed by atoms with van der Waals surface area (Å²) in [5.41, 5.74) is 3.60. The molecule has 4 rings (SSSR count). The largest absolute Gasteiger partial charge is 0.368 e. The molecule has 0 saturated carbocycles. The molecule has 0 aliphatic carbocycles. The van der Waals surface area contributed by atoms with E-state index in [1.807, 2.05) is 23.1 Å². The Hall–Kier alpha value is -2.70. The Bertz CT molecular complexity index is 912. The van der Waals surface area contributed by atoms with E-state index in [2.05, 4.69) is 53.1 Å². The smallest absolute Gasteiger partial charge is 0.219 e. The summed E-state index contributed by atoms with van der Waals surface area (Å²) in [7, 11) is 0. The fourth-order valence-corrected chi connectivity index (χ4v) is 4.93. The fourth-order valence-electron chi connectivity index (χ4n) is 4.93. The summed E-state index contributed by atoms with van der Waals surface area (Å²) in [6, 6.07) is 19.0. The van der Waals surface area contributed by atoms with Crippen molar-refractivity contribution in [1.29, 1.82) is 0 Å². The van der Waals surface area contributed by atoms with Gasteiger partial charge in [0.15, 0.2) is 12.5 Å². The molecule has 0 aromatic heterocycles. The van der Waals surface area contributed by atoms with E-state index in [0.717, 1.165) is 51.9 Å². The highest BCUT2D eigenvalue weighted by Crippen LogP contribution is 2.33. The average Bonchev–Trinajstić information content (AvgIpc) is 3.23. The Kier molecular flexibility index (Phi) is 7.22. The standard InChI is InChI=1S/C26H33N3O3/c1-3-25(29-18-24(32-26(29)19-30)16-21-8-5-4-6-9-21)22-10-7-11-23(17-22)28-14-12-27(13-15-28)20(2)31/h4-11,17,19,24-26H,3,12-16,18H2,1-2H3. The Balaban J connectivity index is 1.47. The minimum absolute atomic E-state index is 0.00416. The Morgan fingerprint density at radius 2 is 1.84 bits per heavy atom. The third-order valence-electron chi connectivity index (χ3n) is 6.63. The van der Waals surface area contributed by atoms with Crippen LogP contribution in [0.2, 0.25) is 0 Å². The van der Waals surface area contributed by atoms with Crippen molar-refractivity contribution in [2.24, 2.45) is 0 Å². The quantitative estimate of drug-likeness (QED) is 0.625. The van der Waals surface area contributed by atoms with Gasteiger partial charge in [0.2, 0.25) is 5.91 Å². The summed E-state index contributed by atoms with van der Waals surface area (Å²) in [4.78, 5) is 29.9. The minimum atomic E-state index is -0.517. The van der Waals surface area contributed by atoms with Crippen LogP contribution in [0.1, 0.15) is 37.4 Å². The topological polar surface area (TPSA) is 53.1 Å². The van der Waals surface area contributed by atoms with Crippen molar-refractivity contribution >= 4 is 17.9 Å². The van der Waals surface area contributed by atoms with Gasteiger partial charge in [-0.25, -0.2) is 0 Å². The predicted octanol–water partition coefficient (Wildman–Crippen LogP) is 3.27. The minimum Gasteiger partial charge on any atom is -0.368 e. The van der Waals surface area contributed by atoms with Gasteiger partial charge >= 0.3 is 0 Å². The molecular weight excluding hydrogens is 402 g/mol. The zero-order valence-corrected chi connectivity index (χ0v) is 19.0.